The fraction of sp³-hybridized carbons (Fsp3) is 0.462. The van der Waals surface area contributed by atoms with E-state index in [9.17, 15) is 0 Å². The van der Waals surface area contributed by atoms with Crippen molar-refractivity contribution in [3.8, 4) is 5.75 Å². The monoisotopic (exact) mass is 233 g/mol. The number of nitrogens with one attached hydrogen (secondary N) is 1. The van der Waals surface area contributed by atoms with Crippen LogP contribution in [0.2, 0.25) is 0 Å². The van der Waals surface area contributed by atoms with E-state index in [1.807, 2.05) is 19.1 Å². The Bertz CT molecular complexity index is 425. The lowest BCUT2D eigenvalue weighted by Crippen LogP contribution is -2.33. The molecule has 0 saturated heterocycles. The maximum absolute atomic E-state index is 5.78. The summed E-state index contributed by atoms with van der Waals surface area (Å²) in [6.07, 6.45) is 2.40. The van der Waals surface area contributed by atoms with Gasteiger partial charge in [-0.25, -0.2) is 4.99 Å². The number of nitrogens with two attached hydrogens (primary N) is 1. The molecule has 0 spiro atoms. The summed E-state index contributed by atoms with van der Waals surface area (Å²) in [5, 5.41) is 3.16. The van der Waals surface area contributed by atoms with Crippen LogP contribution in [-0.2, 0) is 6.54 Å². The Morgan fingerprint density at radius 3 is 2.94 bits per heavy atom. The molecule has 0 unspecified atom stereocenters. The highest BCUT2D eigenvalue weighted by atomic mass is 16.5. The summed E-state index contributed by atoms with van der Waals surface area (Å²) in [6, 6.07) is 6.63. The standard InChI is InChI=1S/C13H19N3O/c1-9-3-4-10(12(7-9)17-2)8-15-13(14)16-11-5-6-11/h3-4,7,11H,5-6,8H2,1-2H3,(H3,14,15,16). The van der Waals surface area contributed by atoms with Gasteiger partial charge in [-0.2, -0.15) is 0 Å². The van der Waals surface area contributed by atoms with Gasteiger partial charge < -0.3 is 15.8 Å². The van der Waals surface area contributed by atoms with Crippen molar-refractivity contribution in [2.24, 2.45) is 10.7 Å². The number of hydrogen-bond acceptors (Lipinski definition) is 2. The number of aryl methyl sites for hydroxylation is 1. The molecule has 17 heavy (non-hydrogen) atoms. The van der Waals surface area contributed by atoms with Crippen molar-refractivity contribution >= 4 is 5.96 Å². The maximum Gasteiger partial charge on any atom is 0.189 e. The molecule has 0 heterocycles. The van der Waals surface area contributed by atoms with Gasteiger partial charge in [-0.15, -0.1) is 0 Å². The van der Waals surface area contributed by atoms with Crippen molar-refractivity contribution in [3.05, 3.63) is 29.3 Å². The zero-order valence-corrected chi connectivity index (χ0v) is 10.4. The van der Waals surface area contributed by atoms with E-state index in [2.05, 4.69) is 16.4 Å². The average molecular weight is 233 g/mol. The number of guanidine groups is 1. The fourth-order valence-electron chi connectivity index (χ4n) is 1.64. The number of aliphatic imine (C=N–C) groups is 1. The number of ether oxygens (including phenoxy) is 1. The summed E-state index contributed by atoms with van der Waals surface area (Å²) in [6.45, 7) is 2.59. The second kappa shape index (κ2) is 5.08. The van der Waals surface area contributed by atoms with Gasteiger partial charge in [0.25, 0.3) is 0 Å². The zero-order chi connectivity index (χ0) is 12.3. The minimum Gasteiger partial charge on any atom is -0.496 e. The van der Waals surface area contributed by atoms with E-state index in [0.29, 0.717) is 18.5 Å². The van der Waals surface area contributed by atoms with Crippen LogP contribution in [0.5, 0.6) is 5.75 Å². The fourth-order valence-corrected chi connectivity index (χ4v) is 1.64. The molecule has 3 N–H and O–H groups in total. The molecule has 1 aliphatic rings. The molecule has 1 aromatic carbocycles. The highest BCUT2D eigenvalue weighted by Crippen LogP contribution is 2.21. The summed E-state index contributed by atoms with van der Waals surface area (Å²) in [7, 11) is 1.67. The Hall–Kier alpha value is -1.71. The summed E-state index contributed by atoms with van der Waals surface area (Å²) >= 11 is 0. The lowest BCUT2D eigenvalue weighted by Gasteiger charge is -2.08. The lowest BCUT2D eigenvalue weighted by atomic mass is 10.1. The van der Waals surface area contributed by atoms with E-state index >= 15 is 0 Å². The van der Waals surface area contributed by atoms with Gasteiger partial charge in [0.15, 0.2) is 5.96 Å². The first-order chi connectivity index (χ1) is 8.19. The molecule has 0 radical (unpaired) electrons. The van der Waals surface area contributed by atoms with Gasteiger partial charge in [0.1, 0.15) is 5.75 Å². The van der Waals surface area contributed by atoms with E-state index in [0.717, 1.165) is 11.3 Å². The third-order valence-electron chi connectivity index (χ3n) is 2.79. The quantitative estimate of drug-likeness (QED) is 0.613. The number of hydrogen-bond donors (Lipinski definition) is 2. The summed E-state index contributed by atoms with van der Waals surface area (Å²) in [5.74, 6) is 1.39. The zero-order valence-electron chi connectivity index (χ0n) is 10.4. The van der Waals surface area contributed by atoms with E-state index in [-0.39, 0.29) is 0 Å². The van der Waals surface area contributed by atoms with Crippen molar-refractivity contribution in [2.75, 3.05) is 7.11 Å². The molecule has 4 nitrogen and oxygen atoms in total. The molecular weight excluding hydrogens is 214 g/mol. The minimum atomic E-state index is 0.523. The summed E-state index contributed by atoms with van der Waals surface area (Å²) < 4.78 is 5.32. The van der Waals surface area contributed by atoms with Gasteiger partial charge in [0.2, 0.25) is 0 Å². The molecule has 1 aromatic rings. The molecule has 0 amide bonds. The first kappa shape index (κ1) is 11.8. The first-order valence-electron chi connectivity index (χ1n) is 5.89. The molecule has 0 aromatic heterocycles. The highest BCUT2D eigenvalue weighted by Gasteiger charge is 2.21. The Labute approximate surface area is 102 Å². The van der Waals surface area contributed by atoms with Crippen molar-refractivity contribution in [1.29, 1.82) is 0 Å². The van der Waals surface area contributed by atoms with Crippen molar-refractivity contribution in [1.82, 2.24) is 5.32 Å². The molecule has 0 aliphatic heterocycles. The Morgan fingerprint density at radius 1 is 1.53 bits per heavy atom. The van der Waals surface area contributed by atoms with E-state index in [1.54, 1.807) is 7.11 Å². The average Bonchev–Trinajstić information content (AvgIpc) is 3.11. The Kier molecular flexibility index (Phi) is 3.52. The topological polar surface area (TPSA) is 59.6 Å². The predicted molar refractivity (Wildman–Crippen MR) is 69.2 cm³/mol. The molecule has 2 rings (SSSR count). The predicted octanol–water partition coefficient (Wildman–Crippen LogP) is 1.57. The van der Waals surface area contributed by atoms with Crippen molar-refractivity contribution < 1.29 is 4.74 Å². The normalized spacial score (nSPS) is 15.8. The Balaban J connectivity index is 2.01. The highest BCUT2D eigenvalue weighted by molar-refractivity contribution is 5.78. The van der Waals surface area contributed by atoms with Crippen LogP contribution in [0, 0.1) is 6.92 Å². The summed E-state index contributed by atoms with van der Waals surface area (Å²) in [5.41, 5.74) is 8.02. The van der Waals surface area contributed by atoms with E-state index in [4.69, 9.17) is 10.5 Å². The van der Waals surface area contributed by atoms with Crippen LogP contribution >= 0.6 is 0 Å². The molecule has 4 heteroatoms. The molecular formula is C13H19N3O. The molecule has 0 atom stereocenters. The van der Waals surface area contributed by atoms with E-state index in [1.165, 1.54) is 18.4 Å². The largest absolute Gasteiger partial charge is 0.496 e. The van der Waals surface area contributed by atoms with Gasteiger partial charge in [-0.1, -0.05) is 12.1 Å². The van der Waals surface area contributed by atoms with Crippen LogP contribution in [-0.4, -0.2) is 19.1 Å². The molecule has 1 fully saturated rings. The van der Waals surface area contributed by atoms with E-state index < -0.39 is 0 Å². The van der Waals surface area contributed by atoms with Crippen molar-refractivity contribution in [3.63, 3.8) is 0 Å². The van der Waals surface area contributed by atoms with Gasteiger partial charge in [-0.05, 0) is 31.4 Å². The van der Waals surface area contributed by atoms with Crippen LogP contribution in [0.25, 0.3) is 0 Å². The second-order valence-electron chi connectivity index (χ2n) is 4.44. The smallest absolute Gasteiger partial charge is 0.189 e. The molecule has 92 valence electrons. The van der Waals surface area contributed by atoms with Crippen molar-refractivity contribution in [2.45, 2.75) is 32.4 Å². The maximum atomic E-state index is 5.78. The van der Waals surface area contributed by atoms with Crippen LogP contribution in [0.3, 0.4) is 0 Å². The van der Waals surface area contributed by atoms with Gasteiger partial charge in [-0.3, -0.25) is 0 Å². The number of rotatable bonds is 4. The molecule has 1 saturated carbocycles. The lowest BCUT2D eigenvalue weighted by molar-refractivity contribution is 0.409. The van der Waals surface area contributed by atoms with Crippen LogP contribution in [0.1, 0.15) is 24.0 Å². The third-order valence-corrected chi connectivity index (χ3v) is 2.79. The SMILES string of the molecule is COc1cc(C)ccc1CN=C(N)NC1CC1. The number of methoxy groups -OCH3 is 1. The molecule has 1 aliphatic carbocycles. The van der Waals surface area contributed by atoms with Crippen LogP contribution in [0.15, 0.2) is 23.2 Å². The second-order valence-corrected chi connectivity index (χ2v) is 4.44. The van der Waals surface area contributed by atoms with Gasteiger partial charge in [0.05, 0.1) is 13.7 Å². The third kappa shape index (κ3) is 3.37. The summed E-state index contributed by atoms with van der Waals surface area (Å²) in [4.78, 5) is 4.32. The Morgan fingerprint density at radius 2 is 2.29 bits per heavy atom. The first-order valence-corrected chi connectivity index (χ1v) is 5.89. The van der Waals surface area contributed by atoms with Gasteiger partial charge in [0, 0.05) is 11.6 Å². The van der Waals surface area contributed by atoms with Crippen LogP contribution in [0.4, 0.5) is 0 Å². The van der Waals surface area contributed by atoms with Gasteiger partial charge >= 0.3 is 0 Å². The number of benzene rings is 1. The number of nitrogens with zero attached hydrogens (tertiary/aromatic N) is 1. The minimum absolute atomic E-state index is 0.523. The van der Waals surface area contributed by atoms with Crippen LogP contribution < -0.4 is 15.8 Å². The molecule has 0 bridgehead atoms.